The van der Waals surface area contributed by atoms with Crippen molar-refractivity contribution in [2.45, 2.75) is 13.3 Å². The molecular weight excluding hydrogens is 432 g/mol. The number of carbonyl (C=O) groups is 1. The number of amidine groups is 1. The largest absolute Gasteiger partial charge is 0.493 e. The first-order chi connectivity index (χ1) is 16.2. The van der Waals surface area contributed by atoms with Crippen LogP contribution < -0.4 is 9.47 Å². The summed E-state index contributed by atoms with van der Waals surface area (Å²) in [6.07, 6.45) is 2.64. The van der Waals surface area contributed by atoms with Gasteiger partial charge in [-0.3, -0.25) is 9.69 Å². The summed E-state index contributed by atoms with van der Waals surface area (Å²) >= 11 is 1.40. The van der Waals surface area contributed by atoms with Crippen LogP contribution in [0.3, 0.4) is 0 Å². The highest BCUT2D eigenvalue weighted by molar-refractivity contribution is 8.18. The summed E-state index contributed by atoms with van der Waals surface area (Å²) in [5.41, 5.74) is 2.88. The van der Waals surface area contributed by atoms with Gasteiger partial charge in [0, 0.05) is 6.54 Å². The lowest BCUT2D eigenvalue weighted by molar-refractivity contribution is -0.122. The number of thioether (sulfide) groups is 1. The molecule has 3 aromatic rings. The summed E-state index contributed by atoms with van der Waals surface area (Å²) < 4.78 is 11.1. The fourth-order valence-corrected chi connectivity index (χ4v) is 4.51. The Morgan fingerprint density at radius 3 is 2.39 bits per heavy atom. The molecule has 1 heterocycles. The Labute approximate surface area is 198 Å². The van der Waals surface area contributed by atoms with E-state index < -0.39 is 0 Å². The maximum Gasteiger partial charge on any atom is 0.266 e. The first kappa shape index (κ1) is 22.7. The Kier molecular flexibility index (Phi) is 7.47. The normalized spacial score (nSPS) is 15.9. The van der Waals surface area contributed by atoms with Gasteiger partial charge in [-0.15, -0.1) is 0 Å². The monoisotopic (exact) mass is 458 g/mol. The first-order valence-electron chi connectivity index (χ1n) is 10.9. The molecule has 1 aliphatic heterocycles. The Morgan fingerprint density at radius 1 is 0.970 bits per heavy atom. The van der Waals surface area contributed by atoms with E-state index in [0.717, 1.165) is 17.7 Å². The molecule has 0 N–H and O–H groups in total. The number of benzene rings is 3. The molecule has 33 heavy (non-hydrogen) atoms. The molecule has 1 saturated heterocycles. The predicted molar refractivity (Wildman–Crippen MR) is 135 cm³/mol. The second kappa shape index (κ2) is 10.9. The van der Waals surface area contributed by atoms with Crippen LogP contribution in [0.25, 0.3) is 6.08 Å². The molecule has 168 valence electrons. The molecule has 0 aromatic heterocycles. The van der Waals surface area contributed by atoms with Gasteiger partial charge in [-0.2, -0.15) is 0 Å². The van der Waals surface area contributed by atoms with Crippen LogP contribution in [-0.2, 0) is 11.2 Å². The van der Waals surface area contributed by atoms with E-state index in [1.165, 1.54) is 17.3 Å². The van der Waals surface area contributed by atoms with Crippen molar-refractivity contribution >= 4 is 34.6 Å². The molecule has 0 unspecified atom stereocenters. The molecule has 0 bridgehead atoms. The van der Waals surface area contributed by atoms with Gasteiger partial charge in [0.25, 0.3) is 5.91 Å². The van der Waals surface area contributed by atoms with Gasteiger partial charge in [-0.25, -0.2) is 4.99 Å². The number of nitrogens with zero attached hydrogens (tertiary/aromatic N) is 2. The highest BCUT2D eigenvalue weighted by Gasteiger charge is 2.33. The van der Waals surface area contributed by atoms with E-state index >= 15 is 0 Å². The fraction of sp³-hybridized carbons (Fsp3) is 0.185. The summed E-state index contributed by atoms with van der Waals surface area (Å²) in [5.74, 6) is 1.28. The summed E-state index contributed by atoms with van der Waals surface area (Å²) in [6, 6.07) is 25.6. The third-order valence-corrected chi connectivity index (χ3v) is 6.13. The zero-order chi connectivity index (χ0) is 23.0. The van der Waals surface area contributed by atoms with Gasteiger partial charge in [0.15, 0.2) is 16.7 Å². The minimum absolute atomic E-state index is 0.0422. The van der Waals surface area contributed by atoms with Crippen LogP contribution in [0.2, 0.25) is 0 Å². The lowest BCUT2D eigenvalue weighted by atomic mass is 10.1. The van der Waals surface area contributed by atoms with Crippen molar-refractivity contribution in [3.63, 3.8) is 0 Å². The van der Waals surface area contributed by atoms with Crippen LogP contribution >= 0.6 is 11.8 Å². The molecule has 1 aliphatic rings. The van der Waals surface area contributed by atoms with Crippen molar-refractivity contribution in [3.8, 4) is 11.5 Å². The van der Waals surface area contributed by atoms with Crippen LogP contribution in [0.4, 0.5) is 5.69 Å². The second-order valence-corrected chi connectivity index (χ2v) is 8.39. The minimum atomic E-state index is -0.0422. The van der Waals surface area contributed by atoms with E-state index in [4.69, 9.17) is 14.5 Å². The van der Waals surface area contributed by atoms with Crippen LogP contribution in [0.1, 0.15) is 18.1 Å². The Morgan fingerprint density at radius 2 is 1.70 bits per heavy atom. The molecule has 0 aliphatic carbocycles. The molecule has 0 spiro atoms. The number of aliphatic imine (C=N–C) groups is 1. The molecule has 3 aromatic carbocycles. The van der Waals surface area contributed by atoms with Crippen LogP contribution in [0.15, 0.2) is 88.8 Å². The van der Waals surface area contributed by atoms with Crippen molar-refractivity contribution in [3.05, 3.63) is 94.9 Å². The summed E-state index contributed by atoms with van der Waals surface area (Å²) in [7, 11) is 1.61. The van der Waals surface area contributed by atoms with E-state index in [1.54, 1.807) is 12.0 Å². The molecule has 0 radical (unpaired) electrons. The van der Waals surface area contributed by atoms with E-state index in [9.17, 15) is 4.79 Å². The third-order valence-electron chi connectivity index (χ3n) is 5.12. The van der Waals surface area contributed by atoms with Gasteiger partial charge in [-0.05, 0) is 66.6 Å². The number of ether oxygens (including phenoxy) is 2. The average molecular weight is 459 g/mol. The Hall–Kier alpha value is -3.51. The maximum atomic E-state index is 13.4. The number of amides is 1. The van der Waals surface area contributed by atoms with Gasteiger partial charge in [-0.1, -0.05) is 54.6 Å². The molecule has 4 rings (SSSR count). The van der Waals surface area contributed by atoms with Gasteiger partial charge in [0.05, 0.1) is 24.3 Å². The van der Waals surface area contributed by atoms with E-state index in [0.29, 0.717) is 34.7 Å². The Balaban J connectivity index is 1.63. The molecule has 0 atom stereocenters. The number of rotatable bonds is 8. The van der Waals surface area contributed by atoms with Gasteiger partial charge < -0.3 is 9.47 Å². The maximum absolute atomic E-state index is 13.4. The van der Waals surface area contributed by atoms with Crippen molar-refractivity contribution in [2.75, 3.05) is 20.3 Å². The highest BCUT2D eigenvalue weighted by Crippen LogP contribution is 2.36. The third kappa shape index (κ3) is 5.65. The van der Waals surface area contributed by atoms with Crippen molar-refractivity contribution < 1.29 is 14.3 Å². The SMILES string of the molecule is CCOc1cc(/C=C2/SC(=Nc3ccccc3)N(CCc3ccccc3)C2=O)ccc1OC. The quantitative estimate of drug-likeness (QED) is 0.392. The fourth-order valence-electron chi connectivity index (χ4n) is 3.49. The molecule has 1 amide bonds. The van der Waals surface area contributed by atoms with Crippen LogP contribution in [-0.4, -0.2) is 36.2 Å². The molecular formula is C27H26N2O3S. The van der Waals surface area contributed by atoms with E-state index in [1.807, 2.05) is 79.7 Å². The van der Waals surface area contributed by atoms with E-state index in [-0.39, 0.29) is 5.91 Å². The zero-order valence-corrected chi connectivity index (χ0v) is 19.5. The molecule has 5 nitrogen and oxygen atoms in total. The van der Waals surface area contributed by atoms with Gasteiger partial charge in [0.1, 0.15) is 0 Å². The lowest BCUT2D eigenvalue weighted by Crippen LogP contribution is -2.31. The zero-order valence-electron chi connectivity index (χ0n) is 18.7. The van der Waals surface area contributed by atoms with Gasteiger partial charge >= 0.3 is 0 Å². The van der Waals surface area contributed by atoms with Crippen molar-refractivity contribution in [1.82, 2.24) is 4.90 Å². The second-order valence-electron chi connectivity index (χ2n) is 7.38. The smallest absolute Gasteiger partial charge is 0.266 e. The standard InChI is InChI=1S/C27H26N2O3S/c1-3-32-24-18-21(14-15-23(24)31-2)19-25-26(30)29(17-16-20-10-6-4-7-11-20)27(33-25)28-22-12-8-5-9-13-22/h4-15,18-19H,3,16-17H2,1-2H3/b25-19+,28-27?. The minimum Gasteiger partial charge on any atom is -0.493 e. The lowest BCUT2D eigenvalue weighted by Gasteiger charge is -2.15. The summed E-state index contributed by atoms with van der Waals surface area (Å²) in [4.78, 5) is 20.5. The Bertz CT molecular complexity index is 1160. The topological polar surface area (TPSA) is 51.1 Å². The molecule has 6 heteroatoms. The number of methoxy groups -OCH3 is 1. The number of hydrogen-bond acceptors (Lipinski definition) is 5. The molecule has 0 saturated carbocycles. The predicted octanol–water partition coefficient (Wildman–Crippen LogP) is 5.94. The number of para-hydroxylation sites is 1. The average Bonchev–Trinajstić information content (AvgIpc) is 3.13. The summed E-state index contributed by atoms with van der Waals surface area (Å²) in [6.45, 7) is 3.02. The van der Waals surface area contributed by atoms with Crippen LogP contribution in [0, 0.1) is 0 Å². The number of carbonyl (C=O) groups excluding carboxylic acids is 1. The molecule has 1 fully saturated rings. The van der Waals surface area contributed by atoms with E-state index in [2.05, 4.69) is 12.1 Å². The van der Waals surface area contributed by atoms with Gasteiger partial charge in [0.2, 0.25) is 0 Å². The summed E-state index contributed by atoms with van der Waals surface area (Å²) in [5, 5.41) is 0.687. The number of hydrogen-bond donors (Lipinski definition) is 0. The van der Waals surface area contributed by atoms with Crippen molar-refractivity contribution in [2.24, 2.45) is 4.99 Å². The van der Waals surface area contributed by atoms with Crippen molar-refractivity contribution in [1.29, 1.82) is 0 Å². The highest BCUT2D eigenvalue weighted by atomic mass is 32.2. The van der Waals surface area contributed by atoms with Crippen LogP contribution in [0.5, 0.6) is 11.5 Å². The first-order valence-corrected chi connectivity index (χ1v) is 11.7.